The van der Waals surface area contributed by atoms with Crippen LogP contribution in [0.2, 0.25) is 0 Å². The van der Waals surface area contributed by atoms with Crippen molar-refractivity contribution < 1.29 is 33.6 Å². The van der Waals surface area contributed by atoms with E-state index >= 15 is 0 Å². The monoisotopic (exact) mass is 548 g/mol. The number of ether oxygens (including phenoxy) is 4. The van der Waals surface area contributed by atoms with Crippen molar-refractivity contribution in [3.05, 3.63) is 82.4 Å². The standard InChI is InChI=1S/C33H40O7/c1-5-7-10-16-24-18-26(37-3)20-28(34)30(24)33(36)40-27-19-25(17-11-8-6-2)31(29(21-27)38-4)32(35)39-22-23-14-12-9-13-15-23/h9,12-15,18-21,34H,5-8,10-11,16-17,22H2,1-4H3. The van der Waals surface area contributed by atoms with Gasteiger partial charge in [-0.05, 0) is 54.5 Å². The SMILES string of the molecule is CCCCCc1cc(OC)cc(O)c1C(=O)Oc1cc(CCCCC)c(C(=O)OCc2ccccc2)c(OC)c1. The van der Waals surface area contributed by atoms with Crippen molar-refractivity contribution in [3.8, 4) is 23.0 Å². The molecule has 0 saturated heterocycles. The van der Waals surface area contributed by atoms with Crippen LogP contribution in [0.15, 0.2) is 54.6 Å². The van der Waals surface area contributed by atoms with Gasteiger partial charge in [0, 0.05) is 12.1 Å². The van der Waals surface area contributed by atoms with Crippen molar-refractivity contribution >= 4 is 11.9 Å². The van der Waals surface area contributed by atoms with Gasteiger partial charge in [-0.3, -0.25) is 0 Å². The van der Waals surface area contributed by atoms with Crippen LogP contribution in [0.4, 0.5) is 0 Å². The second kappa shape index (κ2) is 15.6. The number of benzene rings is 3. The maximum atomic E-state index is 13.4. The van der Waals surface area contributed by atoms with E-state index in [2.05, 4.69) is 13.8 Å². The highest BCUT2D eigenvalue weighted by Gasteiger charge is 2.24. The molecule has 0 aliphatic carbocycles. The van der Waals surface area contributed by atoms with E-state index in [4.69, 9.17) is 18.9 Å². The van der Waals surface area contributed by atoms with Crippen molar-refractivity contribution in [3.63, 3.8) is 0 Å². The molecule has 0 fully saturated rings. The molecule has 0 spiro atoms. The fourth-order valence-corrected chi connectivity index (χ4v) is 4.59. The Bertz CT molecular complexity index is 1270. The van der Waals surface area contributed by atoms with Crippen molar-refractivity contribution in [2.45, 2.75) is 71.8 Å². The Balaban J connectivity index is 1.93. The lowest BCUT2D eigenvalue weighted by Gasteiger charge is -2.17. The minimum absolute atomic E-state index is 0.106. The van der Waals surface area contributed by atoms with Crippen LogP contribution in [-0.2, 0) is 24.2 Å². The second-order valence-corrected chi connectivity index (χ2v) is 9.71. The number of carbonyl (C=O) groups is 2. The van der Waals surface area contributed by atoms with E-state index in [1.807, 2.05) is 30.3 Å². The van der Waals surface area contributed by atoms with Crippen molar-refractivity contribution in [2.75, 3.05) is 14.2 Å². The first-order valence-corrected chi connectivity index (χ1v) is 14.0. The zero-order valence-corrected chi connectivity index (χ0v) is 24.0. The number of methoxy groups -OCH3 is 2. The molecule has 0 heterocycles. The fraction of sp³-hybridized carbons (Fsp3) is 0.394. The van der Waals surface area contributed by atoms with Crippen LogP contribution in [0.5, 0.6) is 23.0 Å². The highest BCUT2D eigenvalue weighted by atomic mass is 16.5. The summed E-state index contributed by atoms with van der Waals surface area (Å²) in [5.74, 6) is -0.436. The van der Waals surface area contributed by atoms with Gasteiger partial charge in [-0.1, -0.05) is 69.9 Å². The third-order valence-corrected chi connectivity index (χ3v) is 6.72. The molecule has 7 heteroatoms. The maximum absolute atomic E-state index is 13.4. The highest BCUT2D eigenvalue weighted by molar-refractivity contribution is 5.97. The number of carbonyl (C=O) groups excluding carboxylic acids is 2. The van der Waals surface area contributed by atoms with E-state index in [0.29, 0.717) is 35.3 Å². The third kappa shape index (κ3) is 8.25. The van der Waals surface area contributed by atoms with E-state index in [0.717, 1.165) is 44.1 Å². The van der Waals surface area contributed by atoms with Crippen molar-refractivity contribution in [1.29, 1.82) is 0 Å². The molecular formula is C33H40O7. The molecular weight excluding hydrogens is 508 g/mol. The molecule has 1 N–H and O–H groups in total. The maximum Gasteiger partial charge on any atom is 0.347 e. The summed E-state index contributed by atoms with van der Waals surface area (Å²) in [5, 5.41) is 10.7. The Morgan fingerprint density at radius 3 is 1.95 bits per heavy atom. The van der Waals surface area contributed by atoms with Gasteiger partial charge in [0.05, 0.1) is 14.2 Å². The molecule has 3 aromatic carbocycles. The summed E-state index contributed by atoms with van der Waals surface area (Å²) in [5.41, 5.74) is 2.64. The van der Waals surface area contributed by atoms with E-state index in [-0.39, 0.29) is 29.4 Å². The summed E-state index contributed by atoms with van der Waals surface area (Å²) in [6.45, 7) is 4.34. The fourth-order valence-electron chi connectivity index (χ4n) is 4.59. The molecule has 0 unspecified atom stereocenters. The predicted octanol–water partition coefficient (Wildman–Crippen LogP) is 7.45. The molecule has 0 saturated carbocycles. The smallest absolute Gasteiger partial charge is 0.347 e. The van der Waals surface area contributed by atoms with Gasteiger partial charge in [-0.25, -0.2) is 9.59 Å². The van der Waals surface area contributed by atoms with E-state index in [9.17, 15) is 14.7 Å². The molecule has 3 rings (SSSR count). The molecule has 7 nitrogen and oxygen atoms in total. The van der Waals surface area contributed by atoms with Crippen LogP contribution in [0, 0.1) is 0 Å². The highest BCUT2D eigenvalue weighted by Crippen LogP contribution is 2.34. The summed E-state index contributed by atoms with van der Waals surface area (Å²) in [4.78, 5) is 26.6. The Morgan fingerprint density at radius 2 is 1.35 bits per heavy atom. The van der Waals surface area contributed by atoms with Crippen molar-refractivity contribution in [2.24, 2.45) is 0 Å². The van der Waals surface area contributed by atoms with Gasteiger partial charge in [0.1, 0.15) is 40.7 Å². The first-order valence-electron chi connectivity index (χ1n) is 14.0. The molecule has 0 amide bonds. The summed E-state index contributed by atoms with van der Waals surface area (Å²) in [6.07, 6.45) is 6.89. The summed E-state index contributed by atoms with van der Waals surface area (Å²) in [6, 6.07) is 15.8. The molecule has 214 valence electrons. The molecule has 3 aromatic rings. The lowest BCUT2D eigenvalue weighted by molar-refractivity contribution is 0.0467. The van der Waals surface area contributed by atoms with Gasteiger partial charge in [-0.15, -0.1) is 0 Å². The average molecular weight is 549 g/mol. The van der Waals surface area contributed by atoms with Gasteiger partial charge >= 0.3 is 11.9 Å². The zero-order chi connectivity index (χ0) is 28.9. The van der Waals surface area contributed by atoms with Gasteiger partial charge in [0.15, 0.2) is 0 Å². The van der Waals surface area contributed by atoms with Crippen LogP contribution in [0.25, 0.3) is 0 Å². The quantitative estimate of drug-likeness (QED) is 0.120. The minimum Gasteiger partial charge on any atom is -0.507 e. The largest absolute Gasteiger partial charge is 0.507 e. The third-order valence-electron chi connectivity index (χ3n) is 6.72. The normalized spacial score (nSPS) is 10.7. The number of phenols is 1. The molecule has 0 radical (unpaired) electrons. The number of aromatic hydroxyl groups is 1. The minimum atomic E-state index is -0.687. The number of phenolic OH excluding ortho intramolecular Hbond substituents is 1. The summed E-state index contributed by atoms with van der Waals surface area (Å²) in [7, 11) is 2.98. The molecule has 0 atom stereocenters. The van der Waals surface area contributed by atoms with Crippen molar-refractivity contribution in [1.82, 2.24) is 0 Å². The Hall–Kier alpha value is -4.00. The van der Waals surface area contributed by atoms with E-state index in [1.54, 1.807) is 12.1 Å². The Kier molecular flexibility index (Phi) is 11.9. The molecule has 40 heavy (non-hydrogen) atoms. The number of hydrogen-bond acceptors (Lipinski definition) is 7. The first-order chi connectivity index (χ1) is 19.4. The van der Waals surface area contributed by atoms with Crippen LogP contribution < -0.4 is 14.2 Å². The number of hydrogen-bond donors (Lipinski definition) is 1. The number of rotatable bonds is 15. The molecule has 0 aromatic heterocycles. The van der Waals surface area contributed by atoms with Gasteiger partial charge in [0.25, 0.3) is 0 Å². The zero-order valence-electron chi connectivity index (χ0n) is 24.0. The lowest BCUT2D eigenvalue weighted by atomic mass is 9.99. The lowest BCUT2D eigenvalue weighted by Crippen LogP contribution is -2.14. The van der Waals surface area contributed by atoms with Crippen LogP contribution in [0.3, 0.4) is 0 Å². The summed E-state index contributed by atoms with van der Waals surface area (Å²) >= 11 is 0. The number of aryl methyl sites for hydroxylation is 2. The predicted molar refractivity (Wildman–Crippen MR) is 155 cm³/mol. The Labute approximate surface area is 237 Å². The number of unbranched alkanes of at least 4 members (excludes halogenated alkanes) is 4. The van der Waals surface area contributed by atoms with E-state index < -0.39 is 11.9 Å². The van der Waals surface area contributed by atoms with Gasteiger partial charge in [0.2, 0.25) is 0 Å². The van der Waals surface area contributed by atoms with Crippen LogP contribution >= 0.6 is 0 Å². The topological polar surface area (TPSA) is 91.3 Å². The van der Waals surface area contributed by atoms with E-state index in [1.165, 1.54) is 26.4 Å². The molecule has 0 bridgehead atoms. The van der Waals surface area contributed by atoms with Gasteiger partial charge in [-0.2, -0.15) is 0 Å². The summed E-state index contributed by atoms with van der Waals surface area (Å²) < 4.78 is 22.3. The molecule has 0 aliphatic heterocycles. The average Bonchev–Trinajstić information content (AvgIpc) is 2.96. The first kappa shape index (κ1) is 30.5. The van der Waals surface area contributed by atoms with Crippen LogP contribution in [-0.4, -0.2) is 31.3 Å². The Morgan fingerprint density at radius 1 is 0.725 bits per heavy atom. The van der Waals surface area contributed by atoms with Gasteiger partial charge < -0.3 is 24.1 Å². The second-order valence-electron chi connectivity index (χ2n) is 9.71. The number of esters is 2. The van der Waals surface area contributed by atoms with Crippen LogP contribution in [0.1, 0.15) is 89.8 Å². The molecule has 0 aliphatic rings.